The fourth-order valence-electron chi connectivity index (χ4n) is 1.29. The molecule has 0 aromatic rings. The van der Waals surface area contributed by atoms with E-state index in [-0.39, 0.29) is 6.61 Å². The topological polar surface area (TPSA) is 90.9 Å². The van der Waals surface area contributed by atoms with Crippen LogP contribution in [0.25, 0.3) is 0 Å². The number of morpholine rings is 1. The third-order valence-corrected chi connectivity index (χ3v) is 1.96. The number of carbonyl (C=O) groups excluding carboxylic acids is 3. The van der Waals surface area contributed by atoms with Crippen molar-refractivity contribution in [1.29, 1.82) is 0 Å². The molecule has 2 atom stereocenters. The number of esters is 2. The third-order valence-electron chi connectivity index (χ3n) is 1.96. The molecule has 1 fully saturated rings. The zero-order chi connectivity index (χ0) is 12.1. The maximum Gasteiger partial charge on any atom is 0.350 e. The van der Waals surface area contributed by atoms with E-state index in [4.69, 9.17) is 9.47 Å². The average Bonchev–Trinajstić information content (AvgIpc) is 2.26. The summed E-state index contributed by atoms with van der Waals surface area (Å²) in [5.41, 5.74) is 0. The second-order valence-corrected chi connectivity index (χ2v) is 3.14. The standard InChI is InChI=1S/C9H13NO6/c1-5(11)16-7(9(13)14-2)6-8(12)10-3-4-15-6/h6-7H,3-4H2,1-2H3,(H,10,12)/t6-,7?/m1/s1. The van der Waals surface area contributed by atoms with Crippen LogP contribution in [0.2, 0.25) is 0 Å². The van der Waals surface area contributed by atoms with E-state index in [1.807, 2.05) is 0 Å². The smallest absolute Gasteiger partial charge is 0.350 e. The molecule has 7 heteroatoms. The summed E-state index contributed by atoms with van der Waals surface area (Å²) < 4.78 is 14.2. The highest BCUT2D eigenvalue weighted by Crippen LogP contribution is 2.10. The van der Waals surface area contributed by atoms with Crippen molar-refractivity contribution in [1.82, 2.24) is 5.32 Å². The summed E-state index contributed by atoms with van der Waals surface area (Å²) in [6.45, 7) is 1.76. The molecule has 1 aliphatic heterocycles. The summed E-state index contributed by atoms with van der Waals surface area (Å²) >= 11 is 0. The van der Waals surface area contributed by atoms with Gasteiger partial charge in [-0.05, 0) is 0 Å². The maximum atomic E-state index is 11.4. The molecule has 1 saturated heterocycles. The van der Waals surface area contributed by atoms with Crippen molar-refractivity contribution >= 4 is 17.8 Å². The van der Waals surface area contributed by atoms with Crippen molar-refractivity contribution in [3.05, 3.63) is 0 Å². The van der Waals surface area contributed by atoms with Crippen LogP contribution in [-0.2, 0) is 28.6 Å². The molecule has 0 aromatic carbocycles. The lowest BCUT2D eigenvalue weighted by atomic mass is 10.1. The molecular weight excluding hydrogens is 218 g/mol. The van der Waals surface area contributed by atoms with Crippen LogP contribution in [-0.4, -0.2) is 50.3 Å². The van der Waals surface area contributed by atoms with Crippen molar-refractivity contribution in [2.24, 2.45) is 0 Å². The zero-order valence-electron chi connectivity index (χ0n) is 9.02. The van der Waals surface area contributed by atoms with E-state index in [9.17, 15) is 14.4 Å². The van der Waals surface area contributed by atoms with E-state index < -0.39 is 30.1 Å². The third kappa shape index (κ3) is 2.93. The maximum absolute atomic E-state index is 11.4. The van der Waals surface area contributed by atoms with Gasteiger partial charge in [0, 0.05) is 13.5 Å². The molecule has 7 nitrogen and oxygen atoms in total. The number of nitrogens with one attached hydrogen (secondary N) is 1. The highest BCUT2D eigenvalue weighted by atomic mass is 16.6. The second-order valence-electron chi connectivity index (χ2n) is 3.14. The van der Waals surface area contributed by atoms with Gasteiger partial charge < -0.3 is 19.5 Å². The van der Waals surface area contributed by atoms with Crippen molar-refractivity contribution in [2.45, 2.75) is 19.1 Å². The van der Waals surface area contributed by atoms with E-state index in [2.05, 4.69) is 10.1 Å². The molecule has 0 radical (unpaired) electrons. The van der Waals surface area contributed by atoms with Crippen LogP contribution in [0, 0.1) is 0 Å². The van der Waals surface area contributed by atoms with Crippen LogP contribution in [0.3, 0.4) is 0 Å². The van der Waals surface area contributed by atoms with E-state index in [1.165, 1.54) is 0 Å². The molecule has 0 aromatic heterocycles. The summed E-state index contributed by atoms with van der Waals surface area (Å²) in [4.78, 5) is 33.5. The Hall–Kier alpha value is -1.63. The Morgan fingerprint density at radius 3 is 2.75 bits per heavy atom. The van der Waals surface area contributed by atoms with Gasteiger partial charge in [-0.2, -0.15) is 0 Å². The Balaban J connectivity index is 2.77. The zero-order valence-corrected chi connectivity index (χ0v) is 9.02. The summed E-state index contributed by atoms with van der Waals surface area (Å²) in [5.74, 6) is -2.00. The first kappa shape index (κ1) is 12.4. The van der Waals surface area contributed by atoms with Gasteiger partial charge in [0.1, 0.15) is 0 Å². The lowest BCUT2D eigenvalue weighted by molar-refractivity contribution is -0.180. The van der Waals surface area contributed by atoms with Gasteiger partial charge in [0.25, 0.3) is 5.91 Å². The summed E-state index contributed by atoms with van der Waals surface area (Å²) in [6, 6.07) is 0. The fourth-order valence-corrected chi connectivity index (χ4v) is 1.29. The minimum Gasteiger partial charge on any atom is -0.466 e. The Morgan fingerprint density at radius 1 is 1.56 bits per heavy atom. The number of methoxy groups -OCH3 is 1. The largest absolute Gasteiger partial charge is 0.466 e. The number of carbonyl (C=O) groups is 3. The van der Waals surface area contributed by atoms with Crippen molar-refractivity contribution < 1.29 is 28.6 Å². The molecule has 1 unspecified atom stereocenters. The van der Waals surface area contributed by atoms with Crippen molar-refractivity contribution in [3.63, 3.8) is 0 Å². The van der Waals surface area contributed by atoms with E-state index in [0.29, 0.717) is 6.54 Å². The lowest BCUT2D eigenvalue weighted by Gasteiger charge is -2.27. The van der Waals surface area contributed by atoms with Gasteiger partial charge in [0.2, 0.25) is 6.10 Å². The van der Waals surface area contributed by atoms with Crippen molar-refractivity contribution in [2.75, 3.05) is 20.3 Å². The van der Waals surface area contributed by atoms with Crippen LogP contribution in [0.5, 0.6) is 0 Å². The van der Waals surface area contributed by atoms with Gasteiger partial charge in [-0.25, -0.2) is 4.79 Å². The molecule has 0 spiro atoms. The van der Waals surface area contributed by atoms with Crippen LogP contribution in [0.15, 0.2) is 0 Å². The number of rotatable bonds is 3. The first-order valence-corrected chi connectivity index (χ1v) is 4.70. The van der Waals surface area contributed by atoms with Crippen LogP contribution in [0.1, 0.15) is 6.92 Å². The first-order valence-electron chi connectivity index (χ1n) is 4.70. The Bertz CT molecular complexity index is 302. The predicted molar refractivity (Wildman–Crippen MR) is 50.3 cm³/mol. The van der Waals surface area contributed by atoms with E-state index >= 15 is 0 Å². The van der Waals surface area contributed by atoms with Gasteiger partial charge in [-0.15, -0.1) is 0 Å². The van der Waals surface area contributed by atoms with Gasteiger partial charge in [0.05, 0.1) is 13.7 Å². The molecule has 1 amide bonds. The number of hydrogen-bond acceptors (Lipinski definition) is 6. The van der Waals surface area contributed by atoms with E-state index in [1.54, 1.807) is 0 Å². The number of ether oxygens (including phenoxy) is 3. The molecular formula is C9H13NO6. The van der Waals surface area contributed by atoms with E-state index in [0.717, 1.165) is 14.0 Å². The van der Waals surface area contributed by atoms with Crippen LogP contribution < -0.4 is 5.32 Å². The van der Waals surface area contributed by atoms with Crippen LogP contribution in [0.4, 0.5) is 0 Å². The quantitative estimate of drug-likeness (QED) is 0.601. The minimum atomic E-state index is -1.36. The minimum absolute atomic E-state index is 0.255. The molecule has 1 N–H and O–H groups in total. The molecule has 0 bridgehead atoms. The molecule has 1 aliphatic rings. The number of hydrogen-bond donors (Lipinski definition) is 1. The summed E-state index contributed by atoms with van der Waals surface area (Å²) in [5, 5.41) is 2.50. The molecule has 16 heavy (non-hydrogen) atoms. The van der Waals surface area contributed by atoms with Crippen molar-refractivity contribution in [3.8, 4) is 0 Å². The number of amides is 1. The lowest BCUT2D eigenvalue weighted by Crippen LogP contribution is -2.54. The Kier molecular flexibility index (Phi) is 4.24. The Morgan fingerprint density at radius 2 is 2.25 bits per heavy atom. The molecule has 0 aliphatic carbocycles. The summed E-state index contributed by atoms with van der Waals surface area (Å²) in [7, 11) is 1.14. The van der Waals surface area contributed by atoms with Gasteiger partial charge >= 0.3 is 11.9 Å². The SMILES string of the molecule is COC(=O)C(OC(C)=O)[C@H]1OCCNC1=O. The first-order chi connectivity index (χ1) is 7.56. The second kappa shape index (κ2) is 5.45. The highest BCUT2D eigenvalue weighted by molar-refractivity contribution is 5.90. The van der Waals surface area contributed by atoms with Gasteiger partial charge in [-0.1, -0.05) is 0 Å². The van der Waals surface area contributed by atoms with Gasteiger partial charge in [-0.3, -0.25) is 9.59 Å². The molecule has 1 heterocycles. The Labute approximate surface area is 92.0 Å². The van der Waals surface area contributed by atoms with Crippen LogP contribution >= 0.6 is 0 Å². The summed E-state index contributed by atoms with van der Waals surface area (Å²) in [6.07, 6.45) is -2.51. The molecule has 90 valence electrons. The normalized spacial score (nSPS) is 21.9. The molecule has 1 rings (SSSR count). The molecule has 0 saturated carbocycles. The van der Waals surface area contributed by atoms with Gasteiger partial charge in [0.15, 0.2) is 6.10 Å². The average molecular weight is 231 g/mol. The predicted octanol–water partition coefficient (Wildman–Crippen LogP) is -1.39. The fraction of sp³-hybridized carbons (Fsp3) is 0.667. The monoisotopic (exact) mass is 231 g/mol. The highest BCUT2D eigenvalue weighted by Gasteiger charge is 2.39.